The van der Waals surface area contributed by atoms with E-state index in [0.717, 1.165) is 24.1 Å². The van der Waals surface area contributed by atoms with Crippen LogP contribution in [0, 0.1) is 18.6 Å². The van der Waals surface area contributed by atoms with Crippen LogP contribution in [-0.2, 0) is 0 Å². The molecular weight excluding hydrogens is 314 g/mol. The minimum atomic E-state index is -0.812. The molecule has 3 rings (SSSR count). The molecule has 0 aromatic heterocycles. The van der Waals surface area contributed by atoms with Gasteiger partial charge in [0.25, 0.3) is 0 Å². The molecule has 1 aliphatic heterocycles. The Morgan fingerprint density at radius 3 is 2.79 bits per heavy atom. The Labute approximate surface area is 139 Å². The van der Waals surface area contributed by atoms with Gasteiger partial charge in [-0.1, -0.05) is 13.0 Å². The first kappa shape index (κ1) is 16.2. The molecule has 1 aliphatic rings. The molecule has 2 amide bonds. The molecule has 0 saturated carbocycles. The Hall–Kier alpha value is -2.63. The summed E-state index contributed by atoms with van der Waals surface area (Å²) in [6, 6.07) is 8.15. The van der Waals surface area contributed by atoms with Gasteiger partial charge in [-0.3, -0.25) is 4.90 Å². The van der Waals surface area contributed by atoms with Gasteiger partial charge in [0.05, 0.1) is 17.9 Å². The summed E-state index contributed by atoms with van der Waals surface area (Å²) in [6.45, 7) is 4.25. The zero-order valence-electron chi connectivity index (χ0n) is 13.5. The molecule has 24 heavy (non-hydrogen) atoms. The maximum absolute atomic E-state index is 13.8. The average molecular weight is 332 g/mol. The van der Waals surface area contributed by atoms with Crippen LogP contribution in [0.4, 0.5) is 25.0 Å². The number of halogens is 2. The average Bonchev–Trinajstić information content (AvgIpc) is 2.56. The first-order valence-corrected chi connectivity index (χ1v) is 7.79. The van der Waals surface area contributed by atoms with E-state index in [2.05, 4.69) is 5.32 Å². The lowest BCUT2D eigenvalue weighted by Crippen LogP contribution is -2.45. The van der Waals surface area contributed by atoms with E-state index in [-0.39, 0.29) is 11.8 Å². The Kier molecular flexibility index (Phi) is 4.38. The number of ether oxygens (including phenoxy) is 1. The molecule has 1 N–H and O–H groups in total. The number of rotatable bonds is 2. The fourth-order valence-electron chi connectivity index (χ4n) is 2.64. The third-order valence-electron chi connectivity index (χ3n) is 3.96. The summed E-state index contributed by atoms with van der Waals surface area (Å²) >= 11 is 0. The number of anilines is 2. The van der Waals surface area contributed by atoms with E-state index in [9.17, 15) is 13.6 Å². The van der Waals surface area contributed by atoms with Crippen molar-refractivity contribution < 1.29 is 18.3 Å². The SMILES string of the molecule is CC[C@H]1CN(C(=O)Nc2ccc(F)cc2F)c2cc(C)ccc2O1. The number of nitrogens with one attached hydrogen (secondary N) is 1. The second-order valence-electron chi connectivity index (χ2n) is 5.78. The number of carbonyl (C=O) groups is 1. The van der Waals surface area contributed by atoms with Gasteiger partial charge in [-0.05, 0) is 43.2 Å². The number of urea groups is 1. The van der Waals surface area contributed by atoms with Crippen molar-refractivity contribution in [3.8, 4) is 5.75 Å². The van der Waals surface area contributed by atoms with Crippen LogP contribution in [0.5, 0.6) is 5.75 Å². The molecule has 126 valence electrons. The summed E-state index contributed by atoms with van der Waals surface area (Å²) in [5.74, 6) is -0.884. The quantitative estimate of drug-likeness (QED) is 0.881. The first-order chi connectivity index (χ1) is 11.5. The number of amides is 2. The van der Waals surface area contributed by atoms with Crippen LogP contribution in [-0.4, -0.2) is 18.7 Å². The van der Waals surface area contributed by atoms with Gasteiger partial charge in [0.1, 0.15) is 23.5 Å². The zero-order chi connectivity index (χ0) is 17.3. The van der Waals surface area contributed by atoms with E-state index >= 15 is 0 Å². The molecule has 0 bridgehead atoms. The van der Waals surface area contributed by atoms with E-state index in [1.165, 1.54) is 11.0 Å². The molecule has 0 fully saturated rings. The summed E-state index contributed by atoms with van der Waals surface area (Å²) in [4.78, 5) is 14.2. The minimum Gasteiger partial charge on any atom is -0.486 e. The van der Waals surface area contributed by atoms with Crippen molar-refractivity contribution >= 4 is 17.4 Å². The molecular formula is C18H18F2N2O2. The van der Waals surface area contributed by atoms with Crippen LogP contribution >= 0.6 is 0 Å². The van der Waals surface area contributed by atoms with Crippen molar-refractivity contribution in [2.45, 2.75) is 26.4 Å². The Morgan fingerprint density at radius 2 is 2.08 bits per heavy atom. The monoisotopic (exact) mass is 332 g/mol. The molecule has 0 aliphatic carbocycles. The molecule has 2 aromatic carbocycles. The largest absolute Gasteiger partial charge is 0.486 e. The number of benzene rings is 2. The maximum atomic E-state index is 13.8. The van der Waals surface area contributed by atoms with Gasteiger partial charge in [-0.15, -0.1) is 0 Å². The fraction of sp³-hybridized carbons (Fsp3) is 0.278. The lowest BCUT2D eigenvalue weighted by atomic mass is 10.1. The predicted octanol–water partition coefficient (Wildman–Crippen LogP) is 4.48. The van der Waals surface area contributed by atoms with E-state index in [0.29, 0.717) is 18.0 Å². The summed E-state index contributed by atoms with van der Waals surface area (Å²) in [5, 5.41) is 2.50. The highest BCUT2D eigenvalue weighted by Gasteiger charge is 2.29. The number of nitrogens with zero attached hydrogens (tertiary/aromatic N) is 1. The summed E-state index contributed by atoms with van der Waals surface area (Å²) in [6.07, 6.45) is 0.603. The van der Waals surface area contributed by atoms with Gasteiger partial charge in [-0.25, -0.2) is 13.6 Å². The van der Waals surface area contributed by atoms with Gasteiger partial charge in [0.15, 0.2) is 0 Å². The van der Waals surface area contributed by atoms with Crippen LogP contribution in [0.15, 0.2) is 36.4 Å². The van der Waals surface area contributed by atoms with Gasteiger partial charge >= 0.3 is 6.03 Å². The molecule has 1 atom stereocenters. The number of hydrogen-bond acceptors (Lipinski definition) is 2. The third kappa shape index (κ3) is 3.18. The summed E-state index contributed by atoms with van der Waals surface area (Å²) in [7, 11) is 0. The molecule has 0 saturated heterocycles. The highest BCUT2D eigenvalue weighted by atomic mass is 19.1. The zero-order valence-corrected chi connectivity index (χ0v) is 13.5. The van der Waals surface area contributed by atoms with Gasteiger partial charge < -0.3 is 10.1 Å². The van der Waals surface area contributed by atoms with Crippen molar-refractivity contribution in [2.24, 2.45) is 0 Å². The molecule has 0 unspecified atom stereocenters. The van der Waals surface area contributed by atoms with Crippen LogP contribution < -0.4 is 15.0 Å². The van der Waals surface area contributed by atoms with Crippen LogP contribution in [0.3, 0.4) is 0 Å². The van der Waals surface area contributed by atoms with Crippen LogP contribution in [0.2, 0.25) is 0 Å². The topological polar surface area (TPSA) is 41.6 Å². The van der Waals surface area contributed by atoms with Gasteiger partial charge in [0, 0.05) is 6.07 Å². The number of hydrogen-bond donors (Lipinski definition) is 1. The van der Waals surface area contributed by atoms with Crippen molar-refractivity contribution in [1.29, 1.82) is 0 Å². The Morgan fingerprint density at radius 1 is 1.29 bits per heavy atom. The van der Waals surface area contributed by atoms with Gasteiger partial charge in [0.2, 0.25) is 0 Å². The van der Waals surface area contributed by atoms with E-state index in [1.54, 1.807) is 0 Å². The van der Waals surface area contributed by atoms with Crippen molar-refractivity contribution in [3.63, 3.8) is 0 Å². The van der Waals surface area contributed by atoms with Crippen LogP contribution in [0.1, 0.15) is 18.9 Å². The van der Waals surface area contributed by atoms with Crippen molar-refractivity contribution in [3.05, 3.63) is 53.6 Å². The highest BCUT2D eigenvalue weighted by Crippen LogP contribution is 2.35. The number of aryl methyl sites for hydroxylation is 1. The fourth-order valence-corrected chi connectivity index (χ4v) is 2.64. The minimum absolute atomic E-state index is 0.0601. The second kappa shape index (κ2) is 6.47. The molecule has 6 heteroatoms. The number of carbonyl (C=O) groups excluding carboxylic acids is 1. The molecule has 1 heterocycles. The maximum Gasteiger partial charge on any atom is 0.326 e. The molecule has 2 aromatic rings. The Balaban J connectivity index is 1.90. The van der Waals surface area contributed by atoms with Crippen molar-refractivity contribution in [2.75, 3.05) is 16.8 Å². The molecule has 0 spiro atoms. The smallest absolute Gasteiger partial charge is 0.326 e. The second-order valence-corrected chi connectivity index (χ2v) is 5.78. The molecule has 0 radical (unpaired) electrons. The Bertz CT molecular complexity index is 780. The van der Waals surface area contributed by atoms with Gasteiger partial charge in [-0.2, -0.15) is 0 Å². The third-order valence-corrected chi connectivity index (χ3v) is 3.96. The standard InChI is InChI=1S/C18H18F2N2O2/c1-3-13-10-22(16-8-11(2)4-7-17(16)24-13)18(23)21-15-6-5-12(19)9-14(15)20/h4-9,13H,3,10H2,1-2H3,(H,21,23)/t13-/m0/s1. The summed E-state index contributed by atoms with van der Waals surface area (Å²) < 4.78 is 32.6. The van der Waals surface area contributed by atoms with E-state index in [1.807, 2.05) is 32.0 Å². The number of fused-ring (bicyclic) bond motifs is 1. The van der Waals surface area contributed by atoms with Crippen molar-refractivity contribution in [1.82, 2.24) is 0 Å². The lowest BCUT2D eigenvalue weighted by Gasteiger charge is -2.34. The molecule has 4 nitrogen and oxygen atoms in total. The normalized spacial score (nSPS) is 16.3. The first-order valence-electron chi connectivity index (χ1n) is 7.79. The van der Waals surface area contributed by atoms with E-state index in [4.69, 9.17) is 4.74 Å². The van der Waals surface area contributed by atoms with E-state index < -0.39 is 17.7 Å². The predicted molar refractivity (Wildman–Crippen MR) is 88.6 cm³/mol. The lowest BCUT2D eigenvalue weighted by molar-refractivity contribution is 0.188. The highest BCUT2D eigenvalue weighted by molar-refractivity contribution is 6.03. The summed E-state index contributed by atoms with van der Waals surface area (Å²) in [5.41, 5.74) is 1.56. The van der Waals surface area contributed by atoms with Crippen LogP contribution in [0.25, 0.3) is 0 Å².